The van der Waals surface area contributed by atoms with Crippen LogP contribution in [-0.2, 0) is 25.8 Å². The van der Waals surface area contributed by atoms with Crippen LogP contribution in [0, 0.1) is 13.8 Å². The fourth-order valence-corrected chi connectivity index (χ4v) is 8.43. The third kappa shape index (κ3) is 6.54. The van der Waals surface area contributed by atoms with E-state index in [2.05, 4.69) is 10.3 Å². The molecular weight excluding hydrogens is 510 g/mol. The highest BCUT2D eigenvalue weighted by atomic mass is 32.2. The topological polar surface area (TPSA) is 105 Å². The van der Waals surface area contributed by atoms with E-state index >= 15 is 0 Å². The lowest BCUT2D eigenvalue weighted by molar-refractivity contribution is -0.119. The van der Waals surface area contributed by atoms with E-state index in [1.54, 1.807) is 20.8 Å². The quantitative estimate of drug-likeness (QED) is 0.607. The third-order valence-corrected chi connectivity index (χ3v) is 9.59. The molecule has 8 nitrogen and oxygen atoms in total. The molecule has 0 spiro atoms. The first-order valence-electron chi connectivity index (χ1n) is 12.2. The number of benzene rings is 2. The van der Waals surface area contributed by atoms with Crippen LogP contribution in [0.2, 0.25) is 0 Å². The third-order valence-electron chi connectivity index (χ3n) is 6.38. The molecule has 2 aromatic carbocycles. The smallest absolute Gasteiger partial charge is 0.408 e. The molecule has 2 amide bonds. The summed E-state index contributed by atoms with van der Waals surface area (Å²) in [5.74, 6) is -0.467. The first-order valence-corrected chi connectivity index (χ1v) is 14.9. The molecule has 2 fully saturated rings. The number of sulfone groups is 1. The summed E-state index contributed by atoms with van der Waals surface area (Å²) in [6, 6.07) is 14.0. The maximum Gasteiger partial charge on any atom is 0.408 e. The predicted octanol–water partition coefficient (Wildman–Crippen LogP) is 4.04. The molecule has 3 atom stereocenters. The number of thioether (sulfide) groups is 1. The minimum absolute atomic E-state index is 0.00879. The van der Waals surface area contributed by atoms with Gasteiger partial charge >= 0.3 is 6.09 Å². The molecule has 2 heterocycles. The Kier molecular flexibility index (Phi) is 7.71. The Balaban J connectivity index is 1.68. The number of hydrogen-bond acceptors (Lipinski definition) is 6. The Morgan fingerprint density at radius 2 is 1.81 bits per heavy atom. The zero-order valence-electron chi connectivity index (χ0n) is 21.7. The van der Waals surface area contributed by atoms with Gasteiger partial charge in [0.15, 0.2) is 15.0 Å². The number of carbonyl (C=O) groups excluding carboxylic acids is 2. The van der Waals surface area contributed by atoms with Crippen molar-refractivity contribution in [3.63, 3.8) is 0 Å². The van der Waals surface area contributed by atoms with Crippen molar-refractivity contribution in [2.75, 3.05) is 16.4 Å². The number of amides is 2. The summed E-state index contributed by atoms with van der Waals surface area (Å²) < 4.78 is 30.3. The summed E-state index contributed by atoms with van der Waals surface area (Å²) >= 11 is 1.31. The molecule has 0 radical (unpaired) electrons. The van der Waals surface area contributed by atoms with Gasteiger partial charge in [-0.05, 0) is 57.4 Å². The number of ether oxygens (including phenoxy) is 1. The Labute approximate surface area is 222 Å². The first kappa shape index (κ1) is 27.2. The average Bonchev–Trinajstić information content (AvgIpc) is 3.25. The van der Waals surface area contributed by atoms with E-state index in [-0.39, 0.29) is 29.2 Å². The summed E-state index contributed by atoms with van der Waals surface area (Å²) in [7, 11) is -3.19. The Morgan fingerprint density at radius 3 is 2.49 bits per heavy atom. The molecule has 0 saturated carbocycles. The van der Waals surface area contributed by atoms with Crippen LogP contribution in [0.1, 0.15) is 37.5 Å². The number of nitrogens with zero attached hydrogens (tertiary/aromatic N) is 2. The number of alkyl carbamates (subject to hydrolysis) is 1. The number of rotatable bonds is 5. The second kappa shape index (κ2) is 10.5. The van der Waals surface area contributed by atoms with Gasteiger partial charge in [-0.3, -0.25) is 4.79 Å². The van der Waals surface area contributed by atoms with E-state index in [0.717, 1.165) is 22.4 Å². The lowest BCUT2D eigenvalue weighted by atomic mass is 10.1. The molecule has 0 bridgehead atoms. The van der Waals surface area contributed by atoms with Gasteiger partial charge in [-0.25, -0.2) is 13.2 Å². The molecule has 0 aromatic heterocycles. The maximum absolute atomic E-state index is 13.6. The Morgan fingerprint density at radius 1 is 1.11 bits per heavy atom. The van der Waals surface area contributed by atoms with Crippen LogP contribution in [0.25, 0.3) is 0 Å². The number of carbonyl (C=O) groups is 2. The highest BCUT2D eigenvalue weighted by Gasteiger charge is 2.50. The summed E-state index contributed by atoms with van der Waals surface area (Å²) in [5, 5.41) is 2.92. The van der Waals surface area contributed by atoms with Crippen molar-refractivity contribution in [3.05, 3.63) is 65.2 Å². The van der Waals surface area contributed by atoms with Crippen LogP contribution in [0.15, 0.2) is 53.5 Å². The SMILES string of the molecule is Cc1cccc(N2C(=NC(=O)[C@@H](Cc3ccccc3)NC(=O)OC(C)(C)C)S[C@@H]3CS(=O)(=O)C[C@@H]32)c1C. The average molecular weight is 544 g/mol. The second-order valence-corrected chi connectivity index (χ2v) is 13.9. The fraction of sp³-hybridized carbons (Fsp3) is 0.444. The number of anilines is 1. The van der Waals surface area contributed by atoms with Gasteiger partial charge in [0.05, 0.1) is 17.5 Å². The van der Waals surface area contributed by atoms with Gasteiger partial charge in [-0.15, -0.1) is 0 Å². The van der Waals surface area contributed by atoms with Crippen molar-refractivity contribution < 1.29 is 22.7 Å². The highest BCUT2D eigenvalue weighted by molar-refractivity contribution is 8.16. The zero-order chi connectivity index (χ0) is 27.0. The minimum atomic E-state index is -3.19. The Bertz CT molecular complexity index is 1320. The van der Waals surface area contributed by atoms with Crippen molar-refractivity contribution in [1.82, 2.24) is 5.32 Å². The van der Waals surface area contributed by atoms with Gasteiger partial charge < -0.3 is 15.0 Å². The van der Waals surface area contributed by atoms with Gasteiger partial charge in [0.1, 0.15) is 11.6 Å². The van der Waals surface area contributed by atoms with Crippen molar-refractivity contribution in [3.8, 4) is 0 Å². The van der Waals surface area contributed by atoms with Gasteiger partial charge in [0.25, 0.3) is 5.91 Å². The number of aliphatic imine (C=N–C) groups is 1. The van der Waals surface area contributed by atoms with Crippen LogP contribution < -0.4 is 10.2 Å². The van der Waals surface area contributed by atoms with E-state index in [0.29, 0.717) is 5.17 Å². The first-order chi connectivity index (χ1) is 17.3. The molecule has 2 saturated heterocycles. The molecule has 198 valence electrons. The van der Waals surface area contributed by atoms with Gasteiger partial charge in [-0.2, -0.15) is 4.99 Å². The normalized spacial score (nSPS) is 22.5. The van der Waals surface area contributed by atoms with Gasteiger partial charge in [0, 0.05) is 17.4 Å². The van der Waals surface area contributed by atoms with Crippen LogP contribution in [0.5, 0.6) is 0 Å². The second-order valence-electron chi connectivity index (χ2n) is 10.5. The highest BCUT2D eigenvalue weighted by Crippen LogP contribution is 2.42. The van der Waals surface area contributed by atoms with E-state index in [4.69, 9.17) is 4.74 Å². The summed E-state index contributed by atoms with van der Waals surface area (Å²) in [5.41, 5.74) is 3.04. The molecule has 4 rings (SSSR count). The molecule has 2 aromatic rings. The molecule has 2 aliphatic heterocycles. The van der Waals surface area contributed by atoms with Crippen molar-refractivity contribution in [2.45, 2.75) is 64.0 Å². The monoisotopic (exact) mass is 543 g/mol. The molecular formula is C27H33N3O5S2. The molecule has 2 aliphatic rings. The van der Waals surface area contributed by atoms with Crippen LogP contribution >= 0.6 is 11.8 Å². The molecule has 1 N–H and O–H groups in total. The number of fused-ring (bicyclic) bond motifs is 1. The lowest BCUT2D eigenvalue weighted by Gasteiger charge is -2.27. The summed E-state index contributed by atoms with van der Waals surface area (Å²) in [6.45, 7) is 9.24. The Hall–Kier alpha value is -2.85. The maximum atomic E-state index is 13.6. The lowest BCUT2D eigenvalue weighted by Crippen LogP contribution is -2.45. The van der Waals surface area contributed by atoms with Gasteiger partial charge in [0.2, 0.25) is 0 Å². The zero-order valence-corrected chi connectivity index (χ0v) is 23.4. The van der Waals surface area contributed by atoms with Crippen LogP contribution in [0.4, 0.5) is 10.5 Å². The summed E-state index contributed by atoms with van der Waals surface area (Å²) in [6.07, 6.45) is -0.458. The fourth-order valence-electron chi connectivity index (χ4n) is 4.51. The standard InChI is InChI=1S/C27H33N3O5S2/c1-17-10-9-13-21(18(17)2)30-22-15-37(33,34)16-23(22)36-25(30)29-24(31)20(14-19-11-7-6-8-12-19)28-26(32)35-27(3,4)5/h6-13,20,22-23H,14-16H2,1-5H3,(H,28,32)/t20-,22+,23-/m1/s1. The van der Waals surface area contributed by atoms with Crippen molar-refractivity contribution >= 4 is 44.5 Å². The van der Waals surface area contributed by atoms with E-state index in [9.17, 15) is 18.0 Å². The molecule has 37 heavy (non-hydrogen) atoms. The molecule has 0 unspecified atom stereocenters. The van der Waals surface area contributed by atoms with E-state index < -0.39 is 33.5 Å². The van der Waals surface area contributed by atoms with E-state index in [1.807, 2.05) is 67.3 Å². The van der Waals surface area contributed by atoms with E-state index in [1.165, 1.54) is 11.8 Å². The van der Waals surface area contributed by atoms with Crippen LogP contribution in [0.3, 0.4) is 0 Å². The summed E-state index contributed by atoms with van der Waals surface area (Å²) in [4.78, 5) is 32.5. The molecule has 10 heteroatoms. The number of hydrogen-bond donors (Lipinski definition) is 1. The number of amidine groups is 1. The van der Waals surface area contributed by atoms with Crippen LogP contribution in [-0.4, -0.2) is 60.0 Å². The largest absolute Gasteiger partial charge is 0.444 e. The molecule has 0 aliphatic carbocycles. The van der Waals surface area contributed by atoms with Crippen molar-refractivity contribution in [2.24, 2.45) is 4.99 Å². The minimum Gasteiger partial charge on any atom is -0.444 e. The van der Waals surface area contributed by atoms with Crippen molar-refractivity contribution in [1.29, 1.82) is 0 Å². The van der Waals surface area contributed by atoms with Gasteiger partial charge in [-0.1, -0.05) is 54.2 Å². The number of nitrogens with one attached hydrogen (secondary N) is 1. The number of aryl methyl sites for hydroxylation is 1. The predicted molar refractivity (Wildman–Crippen MR) is 148 cm³/mol.